The molecule has 0 aromatic carbocycles. The number of hydrogen-bond donors (Lipinski definition) is 1. The lowest BCUT2D eigenvalue weighted by atomic mass is 9.80. The molecular weight excluding hydrogens is 134 g/mol. The van der Waals surface area contributed by atoms with E-state index in [0.717, 1.165) is 25.8 Å². The smallest absolute Gasteiger partial charge is 0.00719 e. The van der Waals surface area contributed by atoms with Crippen molar-refractivity contribution in [3.05, 3.63) is 25.3 Å². The molecule has 0 aliphatic rings. The van der Waals surface area contributed by atoms with Crippen LogP contribution in [0.25, 0.3) is 0 Å². The number of nitrogens with two attached hydrogens (primary N) is 1. The van der Waals surface area contributed by atoms with Crippen molar-refractivity contribution in [3.63, 3.8) is 0 Å². The predicted octanol–water partition coefficient (Wildman–Crippen LogP) is 2.49. The van der Waals surface area contributed by atoms with E-state index < -0.39 is 0 Å². The molecule has 0 spiro atoms. The van der Waals surface area contributed by atoms with Gasteiger partial charge in [0.1, 0.15) is 0 Å². The molecule has 0 aromatic heterocycles. The van der Waals surface area contributed by atoms with E-state index in [4.69, 9.17) is 5.73 Å². The molecule has 0 unspecified atom stereocenters. The van der Waals surface area contributed by atoms with Gasteiger partial charge in [-0.05, 0) is 31.2 Å². The highest BCUT2D eigenvalue weighted by atomic mass is 14.5. The van der Waals surface area contributed by atoms with E-state index in [9.17, 15) is 0 Å². The van der Waals surface area contributed by atoms with Crippen molar-refractivity contribution in [2.75, 3.05) is 6.54 Å². The Morgan fingerprint density at radius 3 is 2.00 bits per heavy atom. The third-order valence-corrected chi connectivity index (χ3v) is 2.02. The monoisotopic (exact) mass is 153 g/mol. The SMILES string of the molecule is C=CCC(C)(CC=C)CCN. The summed E-state index contributed by atoms with van der Waals surface area (Å²) in [5.41, 5.74) is 5.80. The summed E-state index contributed by atoms with van der Waals surface area (Å²) in [6.45, 7) is 10.4. The topological polar surface area (TPSA) is 26.0 Å². The molecule has 0 saturated heterocycles. The quantitative estimate of drug-likeness (QED) is 0.583. The Morgan fingerprint density at radius 2 is 1.73 bits per heavy atom. The molecule has 1 nitrogen and oxygen atoms in total. The molecule has 0 aliphatic heterocycles. The van der Waals surface area contributed by atoms with Crippen molar-refractivity contribution < 1.29 is 0 Å². The van der Waals surface area contributed by atoms with Crippen molar-refractivity contribution >= 4 is 0 Å². The van der Waals surface area contributed by atoms with Gasteiger partial charge in [-0.2, -0.15) is 0 Å². The molecule has 0 amide bonds. The summed E-state index contributed by atoms with van der Waals surface area (Å²) >= 11 is 0. The van der Waals surface area contributed by atoms with E-state index in [-0.39, 0.29) is 5.41 Å². The Morgan fingerprint density at radius 1 is 1.27 bits per heavy atom. The zero-order valence-electron chi connectivity index (χ0n) is 7.47. The van der Waals surface area contributed by atoms with Crippen LogP contribution in [0.4, 0.5) is 0 Å². The molecule has 1 heteroatoms. The molecule has 0 rings (SSSR count). The van der Waals surface area contributed by atoms with Crippen molar-refractivity contribution in [1.29, 1.82) is 0 Å². The molecule has 0 atom stereocenters. The van der Waals surface area contributed by atoms with Crippen LogP contribution in [0.1, 0.15) is 26.2 Å². The van der Waals surface area contributed by atoms with Gasteiger partial charge in [-0.3, -0.25) is 0 Å². The van der Waals surface area contributed by atoms with Crippen LogP contribution in [0.3, 0.4) is 0 Å². The third kappa shape index (κ3) is 3.99. The van der Waals surface area contributed by atoms with Crippen LogP contribution < -0.4 is 5.73 Å². The van der Waals surface area contributed by atoms with Gasteiger partial charge in [0.25, 0.3) is 0 Å². The minimum Gasteiger partial charge on any atom is -0.330 e. The fourth-order valence-electron chi connectivity index (χ4n) is 1.33. The zero-order chi connectivity index (χ0) is 8.74. The maximum Gasteiger partial charge on any atom is -0.00719 e. The highest BCUT2D eigenvalue weighted by molar-refractivity contribution is 4.88. The number of allylic oxidation sites excluding steroid dienone is 2. The first kappa shape index (κ1) is 10.4. The molecule has 11 heavy (non-hydrogen) atoms. The molecule has 2 N–H and O–H groups in total. The highest BCUT2D eigenvalue weighted by Gasteiger charge is 2.19. The van der Waals surface area contributed by atoms with Gasteiger partial charge >= 0.3 is 0 Å². The minimum atomic E-state index is 0.290. The number of rotatable bonds is 6. The Labute approximate surface area is 70.0 Å². The lowest BCUT2D eigenvalue weighted by Gasteiger charge is -2.26. The first-order chi connectivity index (χ1) is 5.18. The predicted molar refractivity (Wildman–Crippen MR) is 51.4 cm³/mol. The second kappa shape index (κ2) is 5.14. The van der Waals surface area contributed by atoms with E-state index in [2.05, 4.69) is 20.1 Å². The third-order valence-electron chi connectivity index (χ3n) is 2.02. The molecule has 0 heterocycles. The van der Waals surface area contributed by atoms with E-state index in [1.165, 1.54) is 0 Å². The average molecular weight is 153 g/mol. The highest BCUT2D eigenvalue weighted by Crippen LogP contribution is 2.30. The van der Waals surface area contributed by atoms with Crippen LogP contribution in [-0.4, -0.2) is 6.54 Å². The molecule has 0 radical (unpaired) electrons. The second-order valence-electron chi connectivity index (χ2n) is 3.33. The van der Waals surface area contributed by atoms with E-state index in [1.54, 1.807) is 0 Å². The van der Waals surface area contributed by atoms with Gasteiger partial charge in [-0.1, -0.05) is 19.1 Å². The Balaban J connectivity index is 3.98. The van der Waals surface area contributed by atoms with Crippen LogP contribution in [0.15, 0.2) is 25.3 Å². The second-order valence-corrected chi connectivity index (χ2v) is 3.33. The van der Waals surface area contributed by atoms with Crippen LogP contribution >= 0.6 is 0 Å². The Bertz CT molecular complexity index is 117. The van der Waals surface area contributed by atoms with E-state index in [1.807, 2.05) is 12.2 Å². The standard InChI is InChI=1S/C10H19N/c1-4-6-10(3,7-5-2)8-9-11/h4-5H,1-2,6-9,11H2,3H3. The fourth-order valence-corrected chi connectivity index (χ4v) is 1.33. The molecule has 0 fully saturated rings. The Hall–Kier alpha value is -0.560. The number of hydrogen-bond acceptors (Lipinski definition) is 1. The normalized spacial score (nSPS) is 11.1. The first-order valence-corrected chi connectivity index (χ1v) is 4.10. The van der Waals surface area contributed by atoms with Gasteiger partial charge in [0.05, 0.1) is 0 Å². The zero-order valence-corrected chi connectivity index (χ0v) is 7.47. The van der Waals surface area contributed by atoms with Gasteiger partial charge in [0, 0.05) is 0 Å². The summed E-state index contributed by atoms with van der Waals surface area (Å²) in [6, 6.07) is 0. The van der Waals surface area contributed by atoms with Gasteiger partial charge < -0.3 is 5.73 Å². The summed E-state index contributed by atoms with van der Waals surface area (Å²) < 4.78 is 0. The molecule has 0 aromatic rings. The lowest BCUT2D eigenvalue weighted by molar-refractivity contribution is 0.310. The minimum absolute atomic E-state index is 0.290. The summed E-state index contributed by atoms with van der Waals surface area (Å²) in [6.07, 6.45) is 7.01. The maximum atomic E-state index is 5.51. The molecule has 0 aliphatic carbocycles. The summed E-state index contributed by atoms with van der Waals surface area (Å²) in [7, 11) is 0. The van der Waals surface area contributed by atoms with Gasteiger partial charge in [0.15, 0.2) is 0 Å². The summed E-state index contributed by atoms with van der Waals surface area (Å²) in [4.78, 5) is 0. The van der Waals surface area contributed by atoms with Gasteiger partial charge in [0.2, 0.25) is 0 Å². The van der Waals surface area contributed by atoms with Crippen LogP contribution in [-0.2, 0) is 0 Å². The van der Waals surface area contributed by atoms with Crippen LogP contribution in [0, 0.1) is 5.41 Å². The van der Waals surface area contributed by atoms with Crippen molar-refractivity contribution in [2.24, 2.45) is 11.1 Å². The summed E-state index contributed by atoms with van der Waals surface area (Å²) in [5, 5.41) is 0. The lowest BCUT2D eigenvalue weighted by Crippen LogP contribution is -2.19. The maximum absolute atomic E-state index is 5.51. The van der Waals surface area contributed by atoms with E-state index in [0.29, 0.717) is 0 Å². The van der Waals surface area contributed by atoms with E-state index >= 15 is 0 Å². The molecular formula is C10H19N. The van der Waals surface area contributed by atoms with Gasteiger partial charge in [-0.15, -0.1) is 13.2 Å². The van der Waals surface area contributed by atoms with Crippen molar-refractivity contribution in [2.45, 2.75) is 26.2 Å². The largest absolute Gasteiger partial charge is 0.330 e. The summed E-state index contributed by atoms with van der Waals surface area (Å²) in [5.74, 6) is 0. The van der Waals surface area contributed by atoms with Crippen LogP contribution in [0.2, 0.25) is 0 Å². The van der Waals surface area contributed by atoms with Gasteiger partial charge in [-0.25, -0.2) is 0 Å². The Kier molecular flexibility index (Phi) is 4.88. The average Bonchev–Trinajstić information content (AvgIpc) is 1.88. The molecule has 0 saturated carbocycles. The first-order valence-electron chi connectivity index (χ1n) is 4.10. The fraction of sp³-hybridized carbons (Fsp3) is 0.600. The molecule has 64 valence electrons. The van der Waals surface area contributed by atoms with Crippen molar-refractivity contribution in [3.8, 4) is 0 Å². The van der Waals surface area contributed by atoms with Crippen LogP contribution in [0.5, 0.6) is 0 Å². The van der Waals surface area contributed by atoms with Crippen molar-refractivity contribution in [1.82, 2.24) is 0 Å². The molecule has 0 bridgehead atoms.